The lowest BCUT2D eigenvalue weighted by Crippen LogP contribution is -2.49. The standard InChI is InChI=1S/C12H15NO2/c1-2-12(8-13-11(14)15-9-12)10-6-4-3-5-7-10/h3-7H,2,8-9H2,1H3,(H,13,14). The minimum atomic E-state index is -0.310. The van der Waals surface area contributed by atoms with Gasteiger partial charge in [0.1, 0.15) is 6.61 Å². The largest absolute Gasteiger partial charge is 0.449 e. The van der Waals surface area contributed by atoms with Crippen LogP contribution < -0.4 is 5.32 Å². The molecule has 0 aromatic heterocycles. The van der Waals surface area contributed by atoms with E-state index in [0.29, 0.717) is 13.2 Å². The summed E-state index contributed by atoms with van der Waals surface area (Å²) in [5.74, 6) is 0. The first kappa shape index (κ1) is 10.0. The highest BCUT2D eigenvalue weighted by Gasteiger charge is 2.35. The minimum absolute atomic E-state index is 0.0603. The Balaban J connectivity index is 2.26. The Bertz CT molecular complexity index is 338. The van der Waals surface area contributed by atoms with Crippen LogP contribution in [0.5, 0.6) is 0 Å². The normalized spacial score (nSPS) is 25.5. The third-order valence-electron chi connectivity index (χ3n) is 3.11. The van der Waals surface area contributed by atoms with Crippen LogP contribution in [0.4, 0.5) is 4.79 Å². The van der Waals surface area contributed by atoms with Gasteiger partial charge in [-0.15, -0.1) is 0 Å². The van der Waals surface area contributed by atoms with E-state index in [4.69, 9.17) is 4.74 Å². The van der Waals surface area contributed by atoms with Crippen molar-refractivity contribution in [2.45, 2.75) is 18.8 Å². The van der Waals surface area contributed by atoms with Crippen molar-refractivity contribution in [2.75, 3.05) is 13.2 Å². The first-order chi connectivity index (χ1) is 7.27. The van der Waals surface area contributed by atoms with E-state index in [0.717, 1.165) is 6.42 Å². The predicted molar refractivity (Wildman–Crippen MR) is 57.8 cm³/mol. The fourth-order valence-electron chi connectivity index (χ4n) is 1.96. The molecule has 1 heterocycles. The predicted octanol–water partition coefficient (Wildman–Crippen LogP) is 2.07. The second-order valence-electron chi connectivity index (χ2n) is 3.93. The smallest absolute Gasteiger partial charge is 0.407 e. The number of carbonyl (C=O) groups is 1. The Kier molecular flexibility index (Phi) is 2.62. The lowest BCUT2D eigenvalue weighted by atomic mass is 9.78. The van der Waals surface area contributed by atoms with E-state index in [1.165, 1.54) is 5.56 Å². The highest BCUT2D eigenvalue weighted by Crippen LogP contribution is 2.29. The highest BCUT2D eigenvalue weighted by atomic mass is 16.6. The molecule has 1 N–H and O–H groups in total. The van der Waals surface area contributed by atoms with Gasteiger partial charge >= 0.3 is 6.09 Å². The quantitative estimate of drug-likeness (QED) is 0.802. The van der Waals surface area contributed by atoms with Gasteiger partial charge in [-0.1, -0.05) is 37.3 Å². The van der Waals surface area contributed by atoms with Crippen LogP contribution in [0, 0.1) is 0 Å². The Labute approximate surface area is 89.4 Å². The van der Waals surface area contributed by atoms with Gasteiger partial charge in [0.15, 0.2) is 0 Å². The van der Waals surface area contributed by atoms with Gasteiger partial charge in [-0.2, -0.15) is 0 Å². The van der Waals surface area contributed by atoms with E-state index in [1.807, 2.05) is 18.2 Å². The minimum Gasteiger partial charge on any atom is -0.449 e. The zero-order valence-corrected chi connectivity index (χ0v) is 8.82. The molecule has 1 aromatic carbocycles. The molecule has 1 fully saturated rings. The number of rotatable bonds is 2. The molecule has 1 aliphatic rings. The molecule has 0 aliphatic carbocycles. The number of benzene rings is 1. The molecule has 1 atom stereocenters. The van der Waals surface area contributed by atoms with Gasteiger partial charge < -0.3 is 10.1 Å². The zero-order chi connectivity index (χ0) is 10.7. The molecule has 1 aliphatic heterocycles. The van der Waals surface area contributed by atoms with Gasteiger partial charge in [-0.25, -0.2) is 4.79 Å². The fraction of sp³-hybridized carbons (Fsp3) is 0.417. The van der Waals surface area contributed by atoms with Crippen LogP contribution in [-0.2, 0) is 10.2 Å². The van der Waals surface area contributed by atoms with Crippen LogP contribution in [0.1, 0.15) is 18.9 Å². The molecular formula is C12H15NO2. The maximum Gasteiger partial charge on any atom is 0.407 e. The Morgan fingerprint density at radius 3 is 2.67 bits per heavy atom. The molecule has 1 unspecified atom stereocenters. The molecule has 1 aromatic rings. The molecule has 3 nitrogen and oxygen atoms in total. The zero-order valence-electron chi connectivity index (χ0n) is 8.82. The number of ether oxygens (including phenoxy) is 1. The molecule has 1 amide bonds. The third-order valence-corrected chi connectivity index (χ3v) is 3.11. The lowest BCUT2D eigenvalue weighted by Gasteiger charge is -2.36. The number of hydrogen-bond donors (Lipinski definition) is 1. The van der Waals surface area contributed by atoms with Crippen LogP contribution in [0.25, 0.3) is 0 Å². The van der Waals surface area contributed by atoms with Crippen molar-refractivity contribution in [1.82, 2.24) is 5.32 Å². The molecule has 15 heavy (non-hydrogen) atoms. The summed E-state index contributed by atoms with van der Waals surface area (Å²) >= 11 is 0. The maximum atomic E-state index is 11.0. The van der Waals surface area contributed by atoms with Crippen molar-refractivity contribution in [1.29, 1.82) is 0 Å². The number of carbonyl (C=O) groups excluding carboxylic acids is 1. The summed E-state index contributed by atoms with van der Waals surface area (Å²) in [6, 6.07) is 10.2. The summed E-state index contributed by atoms with van der Waals surface area (Å²) in [7, 11) is 0. The second kappa shape index (κ2) is 3.93. The van der Waals surface area contributed by atoms with E-state index in [1.54, 1.807) is 0 Å². The monoisotopic (exact) mass is 205 g/mol. The van der Waals surface area contributed by atoms with E-state index in [9.17, 15) is 4.79 Å². The SMILES string of the molecule is CCC1(c2ccccc2)CNC(=O)OC1. The number of cyclic esters (lactones) is 1. The van der Waals surface area contributed by atoms with Crippen molar-refractivity contribution in [3.05, 3.63) is 35.9 Å². The number of hydrogen-bond acceptors (Lipinski definition) is 2. The Morgan fingerprint density at radius 2 is 2.13 bits per heavy atom. The topological polar surface area (TPSA) is 38.3 Å². The molecule has 3 heteroatoms. The van der Waals surface area contributed by atoms with E-state index in [2.05, 4.69) is 24.4 Å². The molecule has 80 valence electrons. The first-order valence-electron chi connectivity index (χ1n) is 5.23. The summed E-state index contributed by atoms with van der Waals surface area (Å²) in [5, 5.41) is 2.76. The highest BCUT2D eigenvalue weighted by molar-refractivity contribution is 5.68. The van der Waals surface area contributed by atoms with Gasteiger partial charge in [0.25, 0.3) is 0 Å². The van der Waals surface area contributed by atoms with Gasteiger partial charge in [-0.05, 0) is 12.0 Å². The molecule has 1 saturated heterocycles. The number of amides is 1. The van der Waals surface area contributed by atoms with Crippen LogP contribution >= 0.6 is 0 Å². The average molecular weight is 205 g/mol. The Morgan fingerprint density at radius 1 is 1.40 bits per heavy atom. The van der Waals surface area contributed by atoms with Gasteiger partial charge in [-0.3, -0.25) is 0 Å². The molecule has 0 radical (unpaired) electrons. The van der Waals surface area contributed by atoms with Crippen molar-refractivity contribution in [3.8, 4) is 0 Å². The molecular weight excluding hydrogens is 190 g/mol. The number of alkyl carbamates (subject to hydrolysis) is 1. The van der Waals surface area contributed by atoms with E-state index < -0.39 is 0 Å². The summed E-state index contributed by atoms with van der Waals surface area (Å²) < 4.78 is 5.09. The first-order valence-corrected chi connectivity index (χ1v) is 5.23. The summed E-state index contributed by atoms with van der Waals surface area (Å²) in [6.07, 6.45) is 0.645. The van der Waals surface area contributed by atoms with E-state index >= 15 is 0 Å². The summed E-state index contributed by atoms with van der Waals surface area (Å²) in [4.78, 5) is 11.0. The summed E-state index contributed by atoms with van der Waals surface area (Å²) in [5.41, 5.74) is 1.17. The van der Waals surface area contributed by atoms with Crippen LogP contribution in [0.2, 0.25) is 0 Å². The lowest BCUT2D eigenvalue weighted by molar-refractivity contribution is 0.0850. The Hall–Kier alpha value is -1.51. The molecule has 0 bridgehead atoms. The second-order valence-corrected chi connectivity index (χ2v) is 3.93. The van der Waals surface area contributed by atoms with Gasteiger partial charge in [0.05, 0.1) is 0 Å². The van der Waals surface area contributed by atoms with Crippen molar-refractivity contribution < 1.29 is 9.53 Å². The van der Waals surface area contributed by atoms with Crippen LogP contribution in [0.3, 0.4) is 0 Å². The fourth-order valence-corrected chi connectivity index (χ4v) is 1.96. The maximum absolute atomic E-state index is 11.0. The van der Waals surface area contributed by atoms with Crippen molar-refractivity contribution in [2.24, 2.45) is 0 Å². The molecule has 2 rings (SSSR count). The van der Waals surface area contributed by atoms with Crippen molar-refractivity contribution >= 4 is 6.09 Å². The van der Waals surface area contributed by atoms with Crippen LogP contribution in [0.15, 0.2) is 30.3 Å². The van der Waals surface area contributed by atoms with Gasteiger partial charge in [0.2, 0.25) is 0 Å². The van der Waals surface area contributed by atoms with E-state index in [-0.39, 0.29) is 11.5 Å². The molecule has 0 spiro atoms. The van der Waals surface area contributed by atoms with Crippen molar-refractivity contribution in [3.63, 3.8) is 0 Å². The average Bonchev–Trinajstić information content (AvgIpc) is 2.32. The molecule has 0 saturated carbocycles. The third kappa shape index (κ3) is 1.82. The summed E-state index contributed by atoms with van der Waals surface area (Å²) in [6.45, 7) is 3.25. The number of nitrogens with one attached hydrogen (secondary N) is 1. The van der Waals surface area contributed by atoms with Gasteiger partial charge in [0, 0.05) is 12.0 Å². The van der Waals surface area contributed by atoms with Crippen LogP contribution in [-0.4, -0.2) is 19.2 Å².